The van der Waals surface area contributed by atoms with Crippen molar-refractivity contribution >= 4 is 47.0 Å². The van der Waals surface area contributed by atoms with Crippen LogP contribution >= 0.6 is 23.2 Å². The van der Waals surface area contributed by atoms with E-state index >= 15 is 0 Å². The Morgan fingerprint density at radius 3 is 2.12 bits per heavy atom. The molecule has 0 aliphatic rings. The number of amides is 1. The molecular weight excluding hydrogens is 568 g/mol. The normalized spacial score (nSPS) is 10.9. The highest BCUT2D eigenvalue weighted by atomic mass is 35.5. The third kappa shape index (κ3) is 8.19. The van der Waals surface area contributed by atoms with Crippen LogP contribution in [0.25, 0.3) is 11.3 Å². The molecule has 12 heteroatoms. The van der Waals surface area contributed by atoms with Gasteiger partial charge in [-0.15, -0.1) is 0 Å². The molecule has 0 spiro atoms. The second kappa shape index (κ2) is 13.2. The fraction of sp³-hybridized carbons (Fsp3) is 0.179. The van der Waals surface area contributed by atoms with Gasteiger partial charge in [0.25, 0.3) is 5.56 Å². The molecule has 0 N–H and O–H groups in total. The first-order chi connectivity index (χ1) is 18.8. The molecule has 0 atom stereocenters. The summed E-state index contributed by atoms with van der Waals surface area (Å²) in [5, 5.41) is 4.81. The highest BCUT2D eigenvalue weighted by Gasteiger charge is 2.30. The van der Waals surface area contributed by atoms with E-state index < -0.39 is 35.6 Å². The first-order valence-corrected chi connectivity index (χ1v) is 12.7. The van der Waals surface area contributed by atoms with Crippen LogP contribution in [-0.2, 0) is 17.5 Å². The van der Waals surface area contributed by atoms with Gasteiger partial charge in [0.05, 0.1) is 16.3 Å². The number of rotatable bonds is 5. The van der Waals surface area contributed by atoms with Gasteiger partial charge in [-0.2, -0.15) is 18.3 Å². The molecule has 0 saturated heterocycles. The van der Waals surface area contributed by atoms with Gasteiger partial charge in [0.1, 0.15) is 12.4 Å². The van der Waals surface area contributed by atoms with Crippen LogP contribution in [0.1, 0.15) is 5.56 Å². The minimum atomic E-state index is -4.49. The molecule has 1 amide bonds. The molecule has 1 aromatic heterocycles. The van der Waals surface area contributed by atoms with Crippen molar-refractivity contribution in [3.05, 3.63) is 111 Å². The quantitative estimate of drug-likeness (QED) is 0.192. The molecule has 0 saturated carbocycles. The Bertz CT molecular complexity index is 1530. The van der Waals surface area contributed by atoms with Crippen LogP contribution in [0, 0.1) is 5.82 Å². The Morgan fingerprint density at radius 1 is 0.950 bits per heavy atom. The van der Waals surface area contributed by atoms with Crippen molar-refractivity contribution in [3.63, 3.8) is 0 Å². The fourth-order valence-corrected chi connectivity index (χ4v) is 3.72. The van der Waals surface area contributed by atoms with E-state index in [9.17, 15) is 27.2 Å². The fourth-order valence-electron chi connectivity index (χ4n) is 3.47. The van der Waals surface area contributed by atoms with Gasteiger partial charge >= 0.3 is 6.18 Å². The lowest BCUT2D eigenvalue weighted by Gasteiger charge is -2.18. The van der Waals surface area contributed by atoms with Crippen LogP contribution in [0.2, 0.25) is 23.7 Å². The summed E-state index contributed by atoms with van der Waals surface area (Å²) in [5.41, 5.74) is 0.751. The van der Waals surface area contributed by atoms with Crippen LogP contribution in [-0.4, -0.2) is 29.4 Å². The van der Waals surface area contributed by atoms with E-state index in [4.69, 9.17) is 23.2 Å². The average molecular weight is 592 g/mol. The molecule has 0 aliphatic heterocycles. The van der Waals surface area contributed by atoms with Crippen molar-refractivity contribution in [1.29, 1.82) is 0 Å². The van der Waals surface area contributed by atoms with Crippen molar-refractivity contribution in [2.45, 2.75) is 26.4 Å². The van der Waals surface area contributed by atoms with Crippen LogP contribution < -0.4 is 15.9 Å². The first kappa shape index (κ1) is 30.9. The maximum absolute atomic E-state index is 13.7. The third-order valence-electron chi connectivity index (χ3n) is 5.86. The molecule has 4 rings (SSSR count). The molecule has 5 nitrogen and oxygen atoms in total. The summed E-state index contributed by atoms with van der Waals surface area (Å²) in [4.78, 5) is 25.7. The zero-order valence-electron chi connectivity index (χ0n) is 21.7. The molecule has 0 unspecified atom stereocenters. The highest BCUT2D eigenvalue weighted by Crippen LogP contribution is 2.30. The summed E-state index contributed by atoms with van der Waals surface area (Å²) < 4.78 is 52.6. The van der Waals surface area contributed by atoms with Gasteiger partial charge in [-0.25, -0.2) is 9.07 Å². The average Bonchev–Trinajstić information content (AvgIpc) is 2.91. The summed E-state index contributed by atoms with van der Waals surface area (Å²) in [6.07, 6.45) is -4.49. The summed E-state index contributed by atoms with van der Waals surface area (Å²) in [6, 6.07) is 18.6. The van der Waals surface area contributed by atoms with E-state index in [-0.39, 0.29) is 16.4 Å². The first-order valence-electron chi connectivity index (χ1n) is 12.0. The summed E-state index contributed by atoms with van der Waals surface area (Å²) in [6.45, 7) is 4.48. The zero-order valence-corrected chi connectivity index (χ0v) is 23.2. The maximum atomic E-state index is 13.7. The largest absolute Gasteiger partial charge is 0.416 e. The van der Waals surface area contributed by atoms with E-state index in [0.29, 0.717) is 12.3 Å². The predicted octanol–water partition coefficient (Wildman–Crippen LogP) is 6.69. The van der Waals surface area contributed by atoms with Crippen LogP contribution in [0.4, 0.5) is 23.2 Å². The topological polar surface area (TPSA) is 55.2 Å². The van der Waals surface area contributed by atoms with Gasteiger partial charge in [0.2, 0.25) is 5.91 Å². The van der Waals surface area contributed by atoms with E-state index in [1.165, 1.54) is 36.8 Å². The molecule has 0 radical (unpaired) electrons. The Labute approximate surface area is 239 Å². The van der Waals surface area contributed by atoms with E-state index in [1.807, 2.05) is 12.1 Å². The molecule has 0 bridgehead atoms. The predicted molar refractivity (Wildman–Crippen MR) is 152 cm³/mol. The minimum absolute atomic E-state index is 0.0691. The minimum Gasteiger partial charge on any atom is -0.314 e. The number of nitrogens with zero attached hydrogens (tertiary/aromatic N) is 3. The number of alkyl halides is 3. The van der Waals surface area contributed by atoms with Gasteiger partial charge in [-0.05, 0) is 54.6 Å². The Balaban J connectivity index is 0.000000371. The van der Waals surface area contributed by atoms with E-state index in [0.717, 1.165) is 44.9 Å². The van der Waals surface area contributed by atoms with Crippen molar-refractivity contribution in [1.82, 2.24) is 9.78 Å². The number of carbonyl (C=O) groups is 1. The smallest absolute Gasteiger partial charge is 0.314 e. The van der Waals surface area contributed by atoms with Gasteiger partial charge in [0.15, 0.2) is 6.71 Å². The molecule has 0 fully saturated rings. The lowest BCUT2D eigenvalue weighted by atomic mass is 9.49. The number of hydrogen-bond donors (Lipinski definition) is 0. The Morgan fingerprint density at radius 2 is 1.57 bits per heavy atom. The molecule has 4 aromatic rings. The SMILES string of the molecule is CB(C)c1ccc(Cl)cc1.CN(C(=O)Cn1nc(-c2ccc(Cl)c(F)c2)ccc1=O)c1ccc(C(F)(F)F)cc1. The van der Waals surface area contributed by atoms with Crippen LogP contribution in [0.5, 0.6) is 0 Å². The highest BCUT2D eigenvalue weighted by molar-refractivity contribution is 6.70. The number of likely N-dealkylation sites (N-methyl/N-ethyl adjacent to an activating group) is 1. The number of halogens is 6. The molecule has 40 heavy (non-hydrogen) atoms. The maximum Gasteiger partial charge on any atom is 0.416 e. The van der Waals surface area contributed by atoms with Crippen LogP contribution in [0.15, 0.2) is 83.7 Å². The van der Waals surface area contributed by atoms with Gasteiger partial charge in [0, 0.05) is 29.4 Å². The summed E-state index contributed by atoms with van der Waals surface area (Å²) in [5.74, 6) is -1.24. The van der Waals surface area contributed by atoms with Crippen molar-refractivity contribution < 1.29 is 22.4 Å². The van der Waals surface area contributed by atoms with Crippen LogP contribution in [0.3, 0.4) is 0 Å². The second-order valence-corrected chi connectivity index (χ2v) is 9.89. The number of anilines is 1. The van der Waals surface area contributed by atoms with Crippen molar-refractivity contribution in [2.24, 2.45) is 0 Å². The van der Waals surface area contributed by atoms with E-state index in [2.05, 4.69) is 30.9 Å². The van der Waals surface area contributed by atoms with Gasteiger partial charge in [-0.3, -0.25) is 9.59 Å². The molecule has 1 heterocycles. The lowest BCUT2D eigenvalue weighted by Crippen LogP contribution is -2.35. The Kier molecular flexibility index (Phi) is 10.2. The third-order valence-corrected chi connectivity index (χ3v) is 6.42. The van der Waals surface area contributed by atoms with E-state index in [1.54, 1.807) is 0 Å². The number of carbonyl (C=O) groups excluding carboxylic acids is 1. The number of hydrogen-bond acceptors (Lipinski definition) is 3. The standard InChI is InChI=1S/C20H14ClF4N3O2.C8H10BCl/c1-27(14-5-3-13(4-6-14)20(23,24)25)19(30)11-28-18(29)9-8-17(26-28)12-2-7-15(21)16(22)10-12;1-9(2)7-3-5-8(10)6-4-7/h2-10H,11H2,1H3;3-6H,1-2H3. The van der Waals surface area contributed by atoms with Gasteiger partial charge in [-0.1, -0.05) is 60.5 Å². The molecule has 3 aromatic carbocycles. The summed E-state index contributed by atoms with van der Waals surface area (Å²) in [7, 11) is 1.37. The lowest BCUT2D eigenvalue weighted by molar-refractivity contribution is -0.137. The molecule has 208 valence electrons. The number of aromatic nitrogens is 2. The molecule has 0 aliphatic carbocycles. The second-order valence-electron chi connectivity index (χ2n) is 9.05. The molecular formula is C28H24BCl2F4N3O2. The van der Waals surface area contributed by atoms with Crippen molar-refractivity contribution in [2.75, 3.05) is 11.9 Å². The van der Waals surface area contributed by atoms with Crippen molar-refractivity contribution in [3.8, 4) is 11.3 Å². The Hall–Kier alpha value is -3.63. The zero-order chi connectivity index (χ0) is 29.6. The van der Waals surface area contributed by atoms with Gasteiger partial charge < -0.3 is 4.90 Å². The number of benzene rings is 3. The summed E-state index contributed by atoms with van der Waals surface area (Å²) >= 11 is 11.4. The monoisotopic (exact) mass is 591 g/mol.